The van der Waals surface area contributed by atoms with Gasteiger partial charge in [0.05, 0.1) is 9.85 Å². The molecule has 0 aliphatic carbocycles. The van der Waals surface area contributed by atoms with Crippen LogP contribution in [0.25, 0.3) is 0 Å². The summed E-state index contributed by atoms with van der Waals surface area (Å²) >= 11 is 0. The fraction of sp³-hybridized carbons (Fsp3) is 0.0769. The summed E-state index contributed by atoms with van der Waals surface area (Å²) in [5.41, 5.74) is 0. The van der Waals surface area contributed by atoms with Crippen molar-refractivity contribution < 1.29 is 9.85 Å². The molecule has 0 heterocycles. The Balaban J connectivity index is 4.06. The quantitative estimate of drug-likeness (QED) is 0.386. The van der Waals surface area contributed by atoms with E-state index in [2.05, 4.69) is 0 Å². The molecular formula is C13H15N3O4. The highest BCUT2D eigenvalue weighted by Crippen LogP contribution is 1.89. The van der Waals surface area contributed by atoms with Crippen molar-refractivity contribution >= 4 is 0 Å². The van der Waals surface area contributed by atoms with Gasteiger partial charge >= 0.3 is 0 Å². The monoisotopic (exact) mass is 277 g/mol. The zero-order valence-corrected chi connectivity index (χ0v) is 10.9. The van der Waals surface area contributed by atoms with Gasteiger partial charge in [-0.3, -0.25) is 20.2 Å². The van der Waals surface area contributed by atoms with Crippen LogP contribution in [-0.4, -0.2) is 21.8 Å². The third-order valence-corrected chi connectivity index (χ3v) is 1.72. The minimum absolute atomic E-state index is 0.539. The van der Waals surface area contributed by atoms with Crippen LogP contribution in [0.2, 0.25) is 0 Å². The number of nitro groups is 2. The third-order valence-electron chi connectivity index (χ3n) is 1.72. The van der Waals surface area contributed by atoms with Crippen molar-refractivity contribution in [3.8, 4) is 0 Å². The van der Waals surface area contributed by atoms with Crippen LogP contribution in [0.3, 0.4) is 0 Å². The molecular weight excluding hydrogens is 262 g/mol. The molecule has 20 heavy (non-hydrogen) atoms. The predicted molar refractivity (Wildman–Crippen MR) is 76.6 cm³/mol. The number of rotatable bonds is 8. The van der Waals surface area contributed by atoms with Gasteiger partial charge in [0.15, 0.2) is 0 Å². The summed E-state index contributed by atoms with van der Waals surface area (Å²) in [5, 5.41) is 19.9. The van der Waals surface area contributed by atoms with Crippen LogP contribution in [0, 0.1) is 20.2 Å². The molecule has 106 valence electrons. The summed E-state index contributed by atoms with van der Waals surface area (Å²) in [7, 11) is 1.80. The van der Waals surface area contributed by atoms with E-state index in [0.29, 0.717) is 0 Å². The van der Waals surface area contributed by atoms with Gasteiger partial charge in [-0.25, -0.2) is 0 Å². The molecule has 0 fully saturated rings. The Morgan fingerprint density at radius 1 is 0.700 bits per heavy atom. The number of nitrogens with zero attached hydrogens (tertiary/aromatic N) is 3. The lowest BCUT2D eigenvalue weighted by atomic mass is 10.4. The molecule has 0 saturated carbocycles. The maximum atomic E-state index is 9.97. The second kappa shape index (κ2) is 11.1. The van der Waals surface area contributed by atoms with Gasteiger partial charge in [0.25, 0.3) is 0 Å². The van der Waals surface area contributed by atoms with E-state index in [4.69, 9.17) is 0 Å². The molecule has 0 aromatic rings. The average molecular weight is 277 g/mol. The van der Waals surface area contributed by atoms with Gasteiger partial charge in [0, 0.05) is 31.6 Å². The molecule has 7 heteroatoms. The summed E-state index contributed by atoms with van der Waals surface area (Å²) in [6.45, 7) is 0. The zero-order chi connectivity index (χ0) is 15.2. The van der Waals surface area contributed by atoms with Gasteiger partial charge in [-0.2, -0.15) is 0 Å². The van der Waals surface area contributed by atoms with E-state index < -0.39 is 9.85 Å². The maximum Gasteiger partial charge on any atom is 0.234 e. The first-order chi connectivity index (χ1) is 9.52. The first-order valence-electron chi connectivity index (χ1n) is 5.54. The van der Waals surface area contributed by atoms with Gasteiger partial charge in [-0.15, -0.1) is 0 Å². The van der Waals surface area contributed by atoms with Gasteiger partial charge in [-0.1, -0.05) is 24.3 Å². The van der Waals surface area contributed by atoms with Gasteiger partial charge in [0.2, 0.25) is 12.4 Å². The van der Waals surface area contributed by atoms with Crippen molar-refractivity contribution in [2.24, 2.45) is 0 Å². The Bertz CT molecular complexity index is 444. The summed E-state index contributed by atoms with van der Waals surface area (Å²) in [6.07, 6.45) is 17.6. The van der Waals surface area contributed by atoms with Crippen molar-refractivity contribution in [1.29, 1.82) is 0 Å². The third kappa shape index (κ3) is 13.1. The highest BCUT2D eigenvalue weighted by Gasteiger charge is 1.80. The lowest BCUT2D eigenvalue weighted by Gasteiger charge is -2.04. The molecule has 0 N–H and O–H groups in total. The van der Waals surface area contributed by atoms with Crippen LogP contribution >= 0.6 is 0 Å². The maximum absolute atomic E-state index is 9.97. The summed E-state index contributed by atoms with van der Waals surface area (Å²) in [5.74, 6) is 0. The normalized spacial score (nSPS) is 12.8. The van der Waals surface area contributed by atoms with Crippen molar-refractivity contribution in [3.63, 3.8) is 0 Å². The summed E-state index contributed by atoms with van der Waals surface area (Å²) < 4.78 is 0. The molecule has 7 nitrogen and oxygen atoms in total. The predicted octanol–water partition coefficient (Wildman–Crippen LogP) is 2.64. The van der Waals surface area contributed by atoms with Crippen molar-refractivity contribution in [3.05, 3.63) is 93.6 Å². The number of allylic oxidation sites excluding steroid dienone is 8. The molecule has 0 spiro atoms. The minimum atomic E-state index is -0.539. The van der Waals surface area contributed by atoms with E-state index in [9.17, 15) is 20.2 Å². The lowest BCUT2D eigenvalue weighted by Crippen LogP contribution is -1.98. The second-order valence-corrected chi connectivity index (χ2v) is 3.37. The van der Waals surface area contributed by atoms with E-state index >= 15 is 0 Å². The standard InChI is InChI=1S/C13H15N3O4/c1-14(10-6-2-4-8-12-15(17)18)11-7-3-5-9-13-16(19)20/h2-13H,1H3/b4-2+,5-3+,10-6+,11-7+,12-8+,13-9+. The molecule has 0 saturated heterocycles. The Morgan fingerprint density at radius 3 is 1.40 bits per heavy atom. The average Bonchev–Trinajstić information content (AvgIpc) is 2.37. The van der Waals surface area contributed by atoms with Crippen LogP contribution in [0.4, 0.5) is 0 Å². The second-order valence-electron chi connectivity index (χ2n) is 3.37. The Hall–Kier alpha value is -2.96. The van der Waals surface area contributed by atoms with Crippen LogP contribution in [-0.2, 0) is 0 Å². The fourth-order valence-electron chi connectivity index (χ4n) is 0.917. The van der Waals surface area contributed by atoms with E-state index in [0.717, 1.165) is 12.4 Å². The Kier molecular flexibility index (Phi) is 9.50. The van der Waals surface area contributed by atoms with Gasteiger partial charge in [0.1, 0.15) is 0 Å². The molecule has 0 rings (SSSR count). The fourth-order valence-corrected chi connectivity index (χ4v) is 0.917. The lowest BCUT2D eigenvalue weighted by molar-refractivity contribution is -0.402. The zero-order valence-electron chi connectivity index (χ0n) is 10.9. The van der Waals surface area contributed by atoms with Crippen LogP contribution in [0.15, 0.2) is 73.4 Å². The van der Waals surface area contributed by atoms with Crippen molar-refractivity contribution in [1.82, 2.24) is 4.90 Å². The Morgan fingerprint density at radius 2 is 1.05 bits per heavy atom. The Labute approximate surface area is 116 Å². The molecule has 0 aliphatic heterocycles. The number of hydrogen-bond donors (Lipinski definition) is 0. The summed E-state index contributed by atoms with van der Waals surface area (Å²) in [6, 6.07) is 0. The van der Waals surface area contributed by atoms with Crippen LogP contribution < -0.4 is 0 Å². The first-order valence-corrected chi connectivity index (χ1v) is 5.54. The van der Waals surface area contributed by atoms with Crippen molar-refractivity contribution in [2.75, 3.05) is 7.05 Å². The van der Waals surface area contributed by atoms with E-state index in [-0.39, 0.29) is 0 Å². The van der Waals surface area contributed by atoms with Gasteiger partial charge in [-0.05, 0) is 12.2 Å². The molecule has 0 aromatic carbocycles. The molecule has 0 unspecified atom stereocenters. The topological polar surface area (TPSA) is 89.5 Å². The van der Waals surface area contributed by atoms with Crippen LogP contribution in [0.5, 0.6) is 0 Å². The molecule has 0 aliphatic rings. The van der Waals surface area contributed by atoms with Crippen LogP contribution in [0.1, 0.15) is 0 Å². The van der Waals surface area contributed by atoms with E-state index in [1.807, 2.05) is 0 Å². The SMILES string of the molecule is CN(/C=C/C=C/C=C/[N+](=O)[O-])/C=C/C=C/C=C/[N+](=O)[O-]. The van der Waals surface area contributed by atoms with E-state index in [1.165, 1.54) is 12.2 Å². The van der Waals surface area contributed by atoms with Gasteiger partial charge < -0.3 is 4.90 Å². The van der Waals surface area contributed by atoms with E-state index in [1.54, 1.807) is 60.8 Å². The highest BCUT2D eigenvalue weighted by atomic mass is 16.6. The molecule has 0 bridgehead atoms. The minimum Gasteiger partial charge on any atom is -0.357 e. The molecule has 0 aromatic heterocycles. The molecule has 0 amide bonds. The van der Waals surface area contributed by atoms with Crippen molar-refractivity contribution in [2.45, 2.75) is 0 Å². The largest absolute Gasteiger partial charge is 0.357 e. The summed E-state index contributed by atoms with van der Waals surface area (Å²) in [4.78, 5) is 20.6. The number of hydrogen-bond acceptors (Lipinski definition) is 5. The smallest absolute Gasteiger partial charge is 0.234 e. The first kappa shape index (κ1) is 17.0. The molecule has 0 atom stereocenters. The molecule has 0 radical (unpaired) electrons. The highest BCUT2D eigenvalue weighted by molar-refractivity contribution is 5.12.